The Morgan fingerprint density at radius 3 is 2.70 bits per heavy atom. The Labute approximate surface area is 138 Å². The van der Waals surface area contributed by atoms with Crippen LogP contribution in [0.1, 0.15) is 6.42 Å². The Bertz CT molecular complexity index is 610. The van der Waals surface area contributed by atoms with Gasteiger partial charge in [0.2, 0.25) is 11.8 Å². The van der Waals surface area contributed by atoms with Gasteiger partial charge < -0.3 is 15.5 Å². The molecule has 3 rings (SSSR count). The van der Waals surface area contributed by atoms with E-state index < -0.39 is 17.6 Å². The molecule has 0 saturated carbocycles. The number of nitrogens with zero attached hydrogens (tertiary/aromatic N) is 1. The van der Waals surface area contributed by atoms with Gasteiger partial charge in [-0.3, -0.25) is 9.59 Å². The SMILES string of the molecule is Cl.O=C(NCC1CNC1)C1CC(=O)N(c2ccc(F)cc2F)C1. The standard InChI is InChI=1S/C15H17F2N3O2.ClH/c16-11-1-2-13(12(17)4-11)20-8-10(3-14(20)21)15(22)19-7-9-5-18-6-9;/h1-2,4,9-10,18H,3,5-8H2,(H,19,22);1H. The molecule has 23 heavy (non-hydrogen) atoms. The third-order valence-corrected chi connectivity index (χ3v) is 4.13. The molecule has 1 unspecified atom stereocenters. The number of hydrogen-bond acceptors (Lipinski definition) is 3. The van der Waals surface area contributed by atoms with Crippen LogP contribution in [0.2, 0.25) is 0 Å². The molecule has 1 aromatic carbocycles. The second-order valence-electron chi connectivity index (χ2n) is 5.77. The van der Waals surface area contributed by atoms with Crippen molar-refractivity contribution in [2.75, 3.05) is 31.1 Å². The average molecular weight is 346 g/mol. The van der Waals surface area contributed by atoms with Crippen LogP contribution in [-0.4, -0.2) is 38.0 Å². The van der Waals surface area contributed by atoms with Crippen LogP contribution in [-0.2, 0) is 9.59 Å². The number of rotatable bonds is 4. The van der Waals surface area contributed by atoms with E-state index in [-0.39, 0.29) is 42.9 Å². The fourth-order valence-corrected chi connectivity index (χ4v) is 2.70. The van der Waals surface area contributed by atoms with Gasteiger partial charge in [0.25, 0.3) is 0 Å². The first-order valence-electron chi connectivity index (χ1n) is 7.28. The summed E-state index contributed by atoms with van der Waals surface area (Å²) in [6, 6.07) is 3.06. The number of carbonyl (C=O) groups excluding carboxylic acids is 2. The summed E-state index contributed by atoms with van der Waals surface area (Å²) in [6.07, 6.45) is 0.0472. The topological polar surface area (TPSA) is 61.4 Å². The molecule has 8 heteroatoms. The number of anilines is 1. The second kappa shape index (κ2) is 7.23. The zero-order valence-electron chi connectivity index (χ0n) is 12.4. The molecule has 5 nitrogen and oxygen atoms in total. The minimum atomic E-state index is -0.796. The third-order valence-electron chi connectivity index (χ3n) is 4.13. The predicted octanol–water partition coefficient (Wildman–Crippen LogP) is 1.08. The number of benzene rings is 1. The molecule has 2 heterocycles. The maximum Gasteiger partial charge on any atom is 0.227 e. The van der Waals surface area contributed by atoms with Gasteiger partial charge in [0.15, 0.2) is 0 Å². The molecule has 0 aliphatic carbocycles. The summed E-state index contributed by atoms with van der Waals surface area (Å²) in [5.41, 5.74) is 0.0184. The minimum Gasteiger partial charge on any atom is -0.355 e. The Balaban J connectivity index is 0.00000192. The van der Waals surface area contributed by atoms with Crippen LogP contribution < -0.4 is 15.5 Å². The first-order chi connectivity index (χ1) is 10.5. The molecular formula is C15H18ClF2N3O2. The molecule has 2 fully saturated rings. The van der Waals surface area contributed by atoms with Crippen molar-refractivity contribution < 1.29 is 18.4 Å². The molecule has 2 saturated heterocycles. The van der Waals surface area contributed by atoms with Crippen LogP contribution in [0.4, 0.5) is 14.5 Å². The lowest BCUT2D eigenvalue weighted by atomic mass is 10.0. The Morgan fingerprint density at radius 1 is 1.35 bits per heavy atom. The largest absolute Gasteiger partial charge is 0.355 e. The molecule has 2 N–H and O–H groups in total. The van der Waals surface area contributed by atoms with Crippen molar-refractivity contribution >= 4 is 29.9 Å². The molecule has 0 bridgehead atoms. The lowest BCUT2D eigenvalue weighted by Crippen LogP contribution is -2.49. The molecule has 2 aliphatic heterocycles. The van der Waals surface area contributed by atoms with Crippen molar-refractivity contribution in [2.24, 2.45) is 11.8 Å². The minimum absolute atomic E-state index is 0. The fourth-order valence-electron chi connectivity index (χ4n) is 2.70. The number of carbonyl (C=O) groups is 2. The number of amides is 2. The highest BCUT2D eigenvalue weighted by Crippen LogP contribution is 2.28. The molecule has 0 aromatic heterocycles. The predicted molar refractivity (Wildman–Crippen MR) is 83.4 cm³/mol. The van der Waals surface area contributed by atoms with Gasteiger partial charge in [-0.25, -0.2) is 8.78 Å². The summed E-state index contributed by atoms with van der Waals surface area (Å²) >= 11 is 0. The maximum absolute atomic E-state index is 13.8. The summed E-state index contributed by atoms with van der Waals surface area (Å²) in [5, 5.41) is 5.95. The summed E-state index contributed by atoms with van der Waals surface area (Å²) in [4.78, 5) is 25.3. The molecule has 0 radical (unpaired) electrons. The van der Waals surface area contributed by atoms with Gasteiger partial charge in [-0.1, -0.05) is 0 Å². The summed E-state index contributed by atoms with van der Waals surface area (Å²) in [7, 11) is 0. The molecule has 2 aliphatic rings. The smallest absolute Gasteiger partial charge is 0.227 e. The lowest BCUT2D eigenvalue weighted by molar-refractivity contribution is -0.126. The van der Waals surface area contributed by atoms with Crippen LogP contribution in [0.3, 0.4) is 0 Å². The first-order valence-corrected chi connectivity index (χ1v) is 7.28. The Morgan fingerprint density at radius 2 is 2.09 bits per heavy atom. The van der Waals surface area contributed by atoms with Crippen LogP contribution in [0.25, 0.3) is 0 Å². The summed E-state index contributed by atoms with van der Waals surface area (Å²) in [5.74, 6) is -2.07. The van der Waals surface area contributed by atoms with Crippen molar-refractivity contribution in [1.29, 1.82) is 0 Å². The monoisotopic (exact) mass is 345 g/mol. The summed E-state index contributed by atoms with van der Waals surface area (Å²) in [6.45, 7) is 2.48. The van der Waals surface area contributed by atoms with Gasteiger partial charge >= 0.3 is 0 Å². The van der Waals surface area contributed by atoms with Gasteiger partial charge in [-0.15, -0.1) is 12.4 Å². The molecule has 1 atom stereocenters. The van der Waals surface area contributed by atoms with E-state index in [0.717, 1.165) is 25.2 Å². The number of halogens is 3. The van der Waals surface area contributed by atoms with Crippen molar-refractivity contribution in [3.8, 4) is 0 Å². The van der Waals surface area contributed by atoms with E-state index in [2.05, 4.69) is 10.6 Å². The molecule has 2 amide bonds. The highest BCUT2D eigenvalue weighted by Gasteiger charge is 2.36. The molecule has 1 aromatic rings. The van der Waals surface area contributed by atoms with Crippen LogP contribution in [0.5, 0.6) is 0 Å². The zero-order valence-corrected chi connectivity index (χ0v) is 13.2. The summed E-state index contributed by atoms with van der Waals surface area (Å²) < 4.78 is 26.7. The molecule has 0 spiro atoms. The van der Waals surface area contributed by atoms with E-state index in [1.807, 2.05) is 0 Å². The van der Waals surface area contributed by atoms with E-state index in [0.29, 0.717) is 12.5 Å². The average Bonchev–Trinajstić information content (AvgIpc) is 2.79. The number of hydrogen-bond donors (Lipinski definition) is 2. The van der Waals surface area contributed by atoms with E-state index in [1.54, 1.807) is 0 Å². The van der Waals surface area contributed by atoms with E-state index >= 15 is 0 Å². The van der Waals surface area contributed by atoms with Gasteiger partial charge in [-0.05, 0) is 12.1 Å². The first kappa shape index (κ1) is 17.6. The van der Waals surface area contributed by atoms with Crippen molar-refractivity contribution in [1.82, 2.24) is 10.6 Å². The van der Waals surface area contributed by atoms with Gasteiger partial charge in [0.05, 0.1) is 11.6 Å². The van der Waals surface area contributed by atoms with E-state index in [4.69, 9.17) is 0 Å². The maximum atomic E-state index is 13.8. The molecule has 126 valence electrons. The zero-order chi connectivity index (χ0) is 15.7. The third kappa shape index (κ3) is 3.79. The van der Waals surface area contributed by atoms with E-state index in [1.165, 1.54) is 11.0 Å². The quantitative estimate of drug-likeness (QED) is 0.858. The van der Waals surface area contributed by atoms with Crippen molar-refractivity contribution in [3.05, 3.63) is 29.8 Å². The van der Waals surface area contributed by atoms with Gasteiger partial charge in [-0.2, -0.15) is 0 Å². The highest BCUT2D eigenvalue weighted by molar-refractivity contribution is 6.00. The van der Waals surface area contributed by atoms with E-state index in [9.17, 15) is 18.4 Å². The van der Waals surface area contributed by atoms with Crippen molar-refractivity contribution in [2.45, 2.75) is 6.42 Å². The molecular weight excluding hydrogens is 328 g/mol. The van der Waals surface area contributed by atoms with Gasteiger partial charge in [0.1, 0.15) is 11.6 Å². The van der Waals surface area contributed by atoms with Crippen LogP contribution >= 0.6 is 12.4 Å². The fraction of sp³-hybridized carbons (Fsp3) is 0.467. The van der Waals surface area contributed by atoms with Crippen LogP contribution in [0, 0.1) is 23.5 Å². The lowest BCUT2D eigenvalue weighted by Gasteiger charge is -2.27. The van der Waals surface area contributed by atoms with Crippen LogP contribution in [0.15, 0.2) is 18.2 Å². The number of nitrogens with one attached hydrogen (secondary N) is 2. The highest BCUT2D eigenvalue weighted by atomic mass is 35.5. The Kier molecular flexibility index (Phi) is 5.54. The van der Waals surface area contributed by atoms with Crippen molar-refractivity contribution in [3.63, 3.8) is 0 Å². The van der Waals surface area contributed by atoms with Gasteiger partial charge in [0, 0.05) is 44.6 Å². The Hall–Kier alpha value is -1.73. The normalized spacial score (nSPS) is 20.9. The second-order valence-corrected chi connectivity index (χ2v) is 5.77.